The highest BCUT2D eigenvalue weighted by Gasteiger charge is 2.43. The molecular weight excluding hydrogens is 266 g/mol. The summed E-state index contributed by atoms with van der Waals surface area (Å²) in [6, 6.07) is 1.57. The Morgan fingerprint density at radius 3 is 2.74 bits per heavy atom. The highest BCUT2D eigenvalue weighted by atomic mass is 35.5. The molecule has 102 valence electrons. The van der Waals surface area contributed by atoms with Crippen molar-refractivity contribution in [1.82, 2.24) is 14.8 Å². The van der Waals surface area contributed by atoms with Gasteiger partial charge in [0.25, 0.3) is 5.91 Å². The van der Waals surface area contributed by atoms with Crippen LogP contribution in [0.15, 0.2) is 18.5 Å². The summed E-state index contributed by atoms with van der Waals surface area (Å²) in [6.07, 6.45) is 2.96. The highest BCUT2D eigenvalue weighted by Crippen LogP contribution is 2.25. The monoisotopic (exact) mass is 281 g/mol. The van der Waals surface area contributed by atoms with Crippen LogP contribution in [0, 0.1) is 0 Å². The number of hydrogen-bond donors (Lipinski definition) is 0. The predicted molar refractivity (Wildman–Crippen MR) is 72.0 cm³/mol. The number of hydrogen-bond acceptors (Lipinski definition) is 3. The van der Waals surface area contributed by atoms with Crippen molar-refractivity contribution in [2.45, 2.75) is 19.4 Å². The summed E-state index contributed by atoms with van der Waals surface area (Å²) < 4.78 is 0. The normalized spacial score (nSPS) is 18.6. The third-order valence-corrected chi connectivity index (χ3v) is 3.78. The smallest absolute Gasteiger partial charge is 0.257 e. The van der Waals surface area contributed by atoms with Gasteiger partial charge in [-0.2, -0.15) is 0 Å². The van der Waals surface area contributed by atoms with Crippen LogP contribution in [0.3, 0.4) is 0 Å². The van der Waals surface area contributed by atoms with E-state index in [1.165, 1.54) is 12.4 Å². The summed E-state index contributed by atoms with van der Waals surface area (Å²) in [5.74, 6) is -0.336. The van der Waals surface area contributed by atoms with Gasteiger partial charge >= 0.3 is 0 Å². The van der Waals surface area contributed by atoms with Gasteiger partial charge in [-0.05, 0) is 19.9 Å². The number of amides is 2. The number of carbonyl (C=O) groups excluding carboxylic acids is 2. The van der Waals surface area contributed by atoms with Gasteiger partial charge in [-0.1, -0.05) is 11.6 Å². The van der Waals surface area contributed by atoms with E-state index in [4.69, 9.17) is 11.6 Å². The van der Waals surface area contributed by atoms with E-state index in [2.05, 4.69) is 4.98 Å². The van der Waals surface area contributed by atoms with Crippen LogP contribution < -0.4 is 0 Å². The summed E-state index contributed by atoms with van der Waals surface area (Å²) in [7, 11) is 1.74. The second kappa shape index (κ2) is 4.81. The molecule has 2 amide bonds. The number of likely N-dealkylation sites (N-methyl/N-ethyl adjacent to an activating group) is 1. The van der Waals surface area contributed by atoms with E-state index >= 15 is 0 Å². The molecule has 19 heavy (non-hydrogen) atoms. The van der Waals surface area contributed by atoms with Gasteiger partial charge in [-0.25, -0.2) is 0 Å². The second-order valence-electron chi connectivity index (χ2n) is 5.10. The van der Waals surface area contributed by atoms with Gasteiger partial charge in [0.2, 0.25) is 5.91 Å². The van der Waals surface area contributed by atoms with E-state index in [0.717, 1.165) is 0 Å². The molecule has 1 aliphatic heterocycles. The Hall–Kier alpha value is -1.62. The topological polar surface area (TPSA) is 53.5 Å². The summed E-state index contributed by atoms with van der Waals surface area (Å²) in [6.45, 7) is 4.49. The number of nitrogens with zero attached hydrogens (tertiary/aromatic N) is 3. The first kappa shape index (κ1) is 13.8. The van der Waals surface area contributed by atoms with Gasteiger partial charge in [-0.3, -0.25) is 14.6 Å². The average Bonchev–Trinajstić information content (AvgIpc) is 2.36. The van der Waals surface area contributed by atoms with Crippen molar-refractivity contribution in [2.24, 2.45) is 0 Å². The summed E-state index contributed by atoms with van der Waals surface area (Å²) >= 11 is 6.01. The summed E-state index contributed by atoms with van der Waals surface area (Å²) in [5, 5.41) is 0.349. The van der Waals surface area contributed by atoms with Crippen LogP contribution in [-0.4, -0.2) is 52.3 Å². The fourth-order valence-electron chi connectivity index (χ4n) is 2.25. The lowest BCUT2D eigenvalue weighted by Crippen LogP contribution is -2.63. The number of piperazine rings is 1. The molecule has 0 saturated carbocycles. The first-order chi connectivity index (χ1) is 8.85. The Morgan fingerprint density at radius 2 is 2.11 bits per heavy atom. The minimum absolute atomic E-state index is 0.0767. The lowest BCUT2D eigenvalue weighted by molar-refractivity contribution is -0.144. The fourth-order valence-corrected chi connectivity index (χ4v) is 2.44. The molecule has 5 nitrogen and oxygen atoms in total. The SMILES string of the molecule is CN1CCN(C(=O)c2cnccc2Cl)C(C)(C)C1=O. The quantitative estimate of drug-likeness (QED) is 0.782. The van der Waals surface area contributed by atoms with Crippen LogP contribution in [0.5, 0.6) is 0 Å². The summed E-state index contributed by atoms with van der Waals surface area (Å²) in [4.78, 5) is 31.8. The van der Waals surface area contributed by atoms with Gasteiger partial charge < -0.3 is 9.80 Å². The molecular formula is C13H16ClN3O2. The number of aromatic nitrogens is 1. The molecule has 0 spiro atoms. The number of pyridine rings is 1. The third kappa shape index (κ3) is 2.30. The Kier molecular flexibility index (Phi) is 3.49. The van der Waals surface area contributed by atoms with E-state index in [1.807, 2.05) is 0 Å². The van der Waals surface area contributed by atoms with Gasteiger partial charge in [-0.15, -0.1) is 0 Å². The van der Waals surface area contributed by atoms with Crippen molar-refractivity contribution in [2.75, 3.05) is 20.1 Å². The first-order valence-electron chi connectivity index (χ1n) is 6.02. The molecule has 0 bridgehead atoms. The Bertz CT molecular complexity index is 530. The van der Waals surface area contributed by atoms with Crippen molar-refractivity contribution < 1.29 is 9.59 Å². The van der Waals surface area contributed by atoms with Gasteiger partial charge in [0.1, 0.15) is 5.54 Å². The van der Waals surface area contributed by atoms with Gasteiger partial charge in [0.15, 0.2) is 0 Å². The van der Waals surface area contributed by atoms with Gasteiger partial charge in [0.05, 0.1) is 10.6 Å². The van der Waals surface area contributed by atoms with E-state index in [1.54, 1.807) is 36.8 Å². The highest BCUT2D eigenvalue weighted by molar-refractivity contribution is 6.33. The fraction of sp³-hybridized carbons (Fsp3) is 0.462. The van der Waals surface area contributed by atoms with Gasteiger partial charge in [0, 0.05) is 32.5 Å². The minimum atomic E-state index is -0.872. The molecule has 0 radical (unpaired) electrons. The minimum Gasteiger partial charge on any atom is -0.342 e. The molecule has 0 unspecified atom stereocenters. The molecule has 0 atom stereocenters. The van der Waals surface area contributed by atoms with Crippen LogP contribution in [-0.2, 0) is 4.79 Å². The molecule has 1 aliphatic rings. The zero-order valence-corrected chi connectivity index (χ0v) is 11.9. The van der Waals surface area contributed by atoms with Crippen molar-refractivity contribution in [3.05, 3.63) is 29.0 Å². The third-order valence-electron chi connectivity index (χ3n) is 3.45. The zero-order valence-electron chi connectivity index (χ0n) is 11.2. The summed E-state index contributed by atoms with van der Waals surface area (Å²) in [5.41, 5.74) is -0.543. The van der Waals surface area contributed by atoms with Crippen LogP contribution in [0.2, 0.25) is 5.02 Å². The Balaban J connectivity index is 2.34. The molecule has 1 saturated heterocycles. The number of halogens is 1. The van der Waals surface area contributed by atoms with E-state index in [0.29, 0.717) is 23.7 Å². The van der Waals surface area contributed by atoms with Crippen LogP contribution in [0.4, 0.5) is 0 Å². The molecule has 6 heteroatoms. The molecule has 2 rings (SSSR count). The maximum atomic E-state index is 12.5. The molecule has 0 aromatic carbocycles. The molecule has 1 fully saturated rings. The van der Waals surface area contributed by atoms with E-state index in [-0.39, 0.29) is 11.8 Å². The van der Waals surface area contributed by atoms with Crippen molar-refractivity contribution in [1.29, 1.82) is 0 Å². The Labute approximate surface area is 117 Å². The maximum Gasteiger partial charge on any atom is 0.257 e. The molecule has 2 heterocycles. The van der Waals surface area contributed by atoms with Crippen molar-refractivity contribution >= 4 is 23.4 Å². The molecule has 0 aliphatic carbocycles. The van der Waals surface area contributed by atoms with Crippen LogP contribution in [0.25, 0.3) is 0 Å². The lowest BCUT2D eigenvalue weighted by Gasteiger charge is -2.44. The largest absolute Gasteiger partial charge is 0.342 e. The van der Waals surface area contributed by atoms with Crippen molar-refractivity contribution in [3.8, 4) is 0 Å². The van der Waals surface area contributed by atoms with E-state index in [9.17, 15) is 9.59 Å². The first-order valence-corrected chi connectivity index (χ1v) is 6.40. The van der Waals surface area contributed by atoms with Crippen LogP contribution >= 0.6 is 11.6 Å². The lowest BCUT2D eigenvalue weighted by atomic mass is 9.97. The van der Waals surface area contributed by atoms with E-state index < -0.39 is 5.54 Å². The molecule has 0 N–H and O–H groups in total. The number of rotatable bonds is 1. The Morgan fingerprint density at radius 1 is 1.42 bits per heavy atom. The van der Waals surface area contributed by atoms with Crippen molar-refractivity contribution in [3.63, 3.8) is 0 Å². The number of carbonyl (C=O) groups is 2. The second-order valence-corrected chi connectivity index (χ2v) is 5.51. The molecule has 1 aromatic rings. The maximum absolute atomic E-state index is 12.5. The predicted octanol–water partition coefficient (Wildman–Crippen LogP) is 1.43. The standard InChI is InChI=1S/C13H16ClN3O2/c1-13(2)12(19)16(3)6-7-17(13)11(18)9-8-15-5-4-10(9)14/h4-5,8H,6-7H2,1-3H3. The average molecular weight is 282 g/mol. The zero-order chi connectivity index (χ0) is 14.2. The van der Waals surface area contributed by atoms with Crippen LogP contribution in [0.1, 0.15) is 24.2 Å². The molecule has 1 aromatic heterocycles.